The zero-order valence-corrected chi connectivity index (χ0v) is 7.98. The van der Waals surface area contributed by atoms with Crippen LogP contribution in [0, 0.1) is 0 Å². The minimum absolute atomic E-state index is 0.602. The predicted octanol–water partition coefficient (Wildman–Crippen LogP) is 1.48. The van der Waals surface area contributed by atoms with Gasteiger partial charge < -0.3 is 19.0 Å². The van der Waals surface area contributed by atoms with Crippen LogP contribution in [0.25, 0.3) is 0 Å². The van der Waals surface area contributed by atoms with E-state index < -0.39 is 33.8 Å². The predicted molar refractivity (Wildman–Crippen MR) is 38.8 cm³/mol. The molecule has 0 saturated carbocycles. The molecule has 9 heteroatoms. The van der Waals surface area contributed by atoms with E-state index in [9.17, 15) is 17.6 Å². The van der Waals surface area contributed by atoms with Crippen LogP contribution in [0.5, 0.6) is 0 Å². The molecule has 0 fully saturated rings. The summed E-state index contributed by atoms with van der Waals surface area (Å²) in [6.07, 6.45) is -4.69. The van der Waals surface area contributed by atoms with Gasteiger partial charge >= 0.3 is 20.6 Å². The molecule has 0 bridgehead atoms. The first-order valence-electron chi connectivity index (χ1n) is 3.43. The van der Waals surface area contributed by atoms with Crippen LogP contribution < -0.4 is 0 Å². The average molecular weight is 240 g/mol. The number of rotatable bonds is 6. The van der Waals surface area contributed by atoms with Crippen molar-refractivity contribution in [3.8, 4) is 0 Å². The van der Waals surface area contributed by atoms with Gasteiger partial charge in [0.1, 0.15) is 6.61 Å². The Labute approximate surface area is 78.4 Å². The average Bonchev–Trinajstić information content (AvgIpc) is 2.00. The molecule has 14 heavy (non-hydrogen) atoms. The number of hydrogen-bond acceptors (Lipinski definition) is 4. The maximum Gasteiger partial charge on any atom is 0.421 e. The summed E-state index contributed by atoms with van der Waals surface area (Å²) >= 11 is 0. The first kappa shape index (κ1) is 14.0. The summed E-state index contributed by atoms with van der Waals surface area (Å²) in [6.45, 7) is -1.30. The summed E-state index contributed by atoms with van der Waals surface area (Å²) < 4.78 is 57.1. The van der Waals surface area contributed by atoms with Gasteiger partial charge in [-0.15, -0.1) is 0 Å². The fourth-order valence-corrected chi connectivity index (χ4v) is 0.787. The Hall–Kier alpha value is -0.0100. The lowest BCUT2D eigenvalue weighted by molar-refractivity contribution is -0.351. The first-order chi connectivity index (χ1) is 6.23. The van der Waals surface area contributed by atoms with Crippen LogP contribution in [0.1, 0.15) is 6.92 Å². The van der Waals surface area contributed by atoms with E-state index in [1.807, 2.05) is 0 Å². The molecule has 0 aliphatic rings. The Morgan fingerprint density at radius 2 is 1.71 bits per heavy atom. The van der Waals surface area contributed by atoms with Crippen molar-refractivity contribution in [2.75, 3.05) is 13.2 Å². The number of ether oxygens (including phenoxy) is 1. The lowest BCUT2D eigenvalue weighted by Crippen LogP contribution is -2.46. The molecule has 0 aliphatic carbocycles. The second kappa shape index (κ2) is 5.18. The van der Waals surface area contributed by atoms with E-state index in [0.717, 1.165) is 6.92 Å². The third kappa shape index (κ3) is 4.02. The maximum absolute atomic E-state index is 12.5. The van der Waals surface area contributed by atoms with Gasteiger partial charge in [-0.3, -0.25) is 0 Å². The van der Waals surface area contributed by atoms with E-state index in [4.69, 9.17) is 9.79 Å². The Morgan fingerprint density at radius 3 is 2.07 bits per heavy atom. The van der Waals surface area contributed by atoms with E-state index in [1.165, 1.54) is 0 Å². The van der Waals surface area contributed by atoms with Gasteiger partial charge in [0, 0.05) is 0 Å². The summed E-state index contributed by atoms with van der Waals surface area (Å²) in [5, 5.41) is 0. The highest BCUT2D eigenvalue weighted by Gasteiger charge is 2.58. The van der Waals surface area contributed by atoms with Gasteiger partial charge in [0.05, 0.1) is 6.61 Å². The molecule has 0 rings (SSSR count). The molecule has 0 aromatic heterocycles. The summed E-state index contributed by atoms with van der Waals surface area (Å²) in [4.78, 5) is 16.2. The van der Waals surface area contributed by atoms with Gasteiger partial charge in [-0.2, -0.15) is 17.6 Å². The van der Waals surface area contributed by atoms with Crippen molar-refractivity contribution in [3.05, 3.63) is 0 Å². The van der Waals surface area contributed by atoms with E-state index in [2.05, 4.69) is 9.26 Å². The van der Waals surface area contributed by atoms with Crippen LogP contribution in [0.15, 0.2) is 0 Å². The second-order valence-electron chi connectivity index (χ2n) is 2.18. The van der Waals surface area contributed by atoms with Crippen molar-refractivity contribution < 1.29 is 36.6 Å². The van der Waals surface area contributed by atoms with E-state index >= 15 is 0 Å². The SMILES string of the molecule is CCOC(F)(F)C(F)(F)COP(O)O. The van der Waals surface area contributed by atoms with Crippen molar-refractivity contribution in [1.82, 2.24) is 0 Å². The van der Waals surface area contributed by atoms with Gasteiger partial charge in [0.2, 0.25) is 0 Å². The van der Waals surface area contributed by atoms with Gasteiger partial charge in [0.25, 0.3) is 0 Å². The molecule has 4 nitrogen and oxygen atoms in total. The van der Waals surface area contributed by atoms with Crippen molar-refractivity contribution in [1.29, 1.82) is 0 Å². The molecule has 0 saturated heterocycles. The summed E-state index contributed by atoms with van der Waals surface area (Å²) in [5.41, 5.74) is 0. The van der Waals surface area contributed by atoms with Gasteiger partial charge in [-0.25, -0.2) is 0 Å². The zero-order valence-electron chi connectivity index (χ0n) is 7.08. The maximum atomic E-state index is 12.5. The van der Waals surface area contributed by atoms with Gasteiger partial charge in [0.15, 0.2) is 0 Å². The Balaban J connectivity index is 4.27. The Bertz CT molecular complexity index is 177. The second-order valence-corrected chi connectivity index (χ2v) is 2.94. The quantitative estimate of drug-likeness (QED) is 0.545. The summed E-state index contributed by atoms with van der Waals surface area (Å²) in [6, 6.07) is 0. The normalized spacial score (nSPS) is 13.7. The van der Waals surface area contributed by atoms with Gasteiger partial charge in [-0.05, 0) is 6.92 Å². The van der Waals surface area contributed by atoms with Crippen LogP contribution in [0.3, 0.4) is 0 Å². The third-order valence-electron chi connectivity index (χ3n) is 1.11. The summed E-state index contributed by atoms with van der Waals surface area (Å²) in [5.74, 6) is -4.60. The van der Waals surface area contributed by atoms with E-state index in [0.29, 0.717) is 0 Å². The van der Waals surface area contributed by atoms with Crippen molar-refractivity contribution in [3.63, 3.8) is 0 Å². The topological polar surface area (TPSA) is 58.9 Å². The lowest BCUT2D eigenvalue weighted by Gasteiger charge is -2.25. The molecule has 0 radical (unpaired) electrons. The molecule has 0 spiro atoms. The highest BCUT2D eigenvalue weighted by Crippen LogP contribution is 2.38. The van der Waals surface area contributed by atoms with Gasteiger partial charge in [-0.1, -0.05) is 0 Å². The molecule has 0 aromatic carbocycles. The molecule has 0 unspecified atom stereocenters. The van der Waals surface area contributed by atoms with Crippen molar-refractivity contribution in [2.24, 2.45) is 0 Å². The molecule has 0 amide bonds. The standard InChI is InChI=1S/C5H9F4O4P/c1-2-12-5(8,9)4(6,7)3-13-14(10)11/h10-11H,2-3H2,1H3. The highest BCUT2D eigenvalue weighted by atomic mass is 31.2. The Morgan fingerprint density at radius 1 is 1.21 bits per heavy atom. The zero-order chi connectivity index (χ0) is 11.4. The molecule has 0 aliphatic heterocycles. The smallest absolute Gasteiger partial charge is 0.328 e. The van der Waals surface area contributed by atoms with Crippen LogP contribution in [0.2, 0.25) is 0 Å². The lowest BCUT2D eigenvalue weighted by atomic mass is 10.3. The number of hydrogen-bond donors (Lipinski definition) is 2. The highest BCUT2D eigenvalue weighted by molar-refractivity contribution is 7.39. The van der Waals surface area contributed by atoms with Crippen molar-refractivity contribution >= 4 is 8.60 Å². The fraction of sp³-hybridized carbons (Fsp3) is 1.00. The fourth-order valence-electron chi connectivity index (χ4n) is 0.510. The van der Waals surface area contributed by atoms with Crippen LogP contribution in [0.4, 0.5) is 17.6 Å². The van der Waals surface area contributed by atoms with Crippen LogP contribution in [-0.4, -0.2) is 35.0 Å². The van der Waals surface area contributed by atoms with Crippen molar-refractivity contribution in [2.45, 2.75) is 19.0 Å². The molecule has 2 N–H and O–H groups in total. The molecular weight excluding hydrogens is 231 g/mol. The van der Waals surface area contributed by atoms with Crippen LogP contribution >= 0.6 is 8.60 Å². The largest absolute Gasteiger partial charge is 0.421 e. The Kier molecular flexibility index (Phi) is 5.17. The molecule has 0 aromatic rings. The number of halogens is 4. The van der Waals surface area contributed by atoms with E-state index in [-0.39, 0.29) is 0 Å². The first-order valence-corrected chi connectivity index (χ1v) is 4.60. The third-order valence-corrected chi connectivity index (χ3v) is 1.47. The molecule has 0 heterocycles. The monoisotopic (exact) mass is 240 g/mol. The number of alkyl halides is 4. The van der Waals surface area contributed by atoms with Crippen LogP contribution in [-0.2, 0) is 9.26 Å². The molecule has 0 atom stereocenters. The van der Waals surface area contributed by atoms with E-state index in [1.54, 1.807) is 0 Å². The minimum Gasteiger partial charge on any atom is -0.328 e. The molecule has 86 valence electrons. The minimum atomic E-state index is -4.69. The summed E-state index contributed by atoms with van der Waals surface area (Å²) in [7, 11) is -3.09. The molecular formula is C5H9F4O4P.